The Kier molecular flexibility index (Phi) is 5.56. The van der Waals surface area contributed by atoms with Crippen LogP contribution in [0, 0.1) is 11.6 Å². The average Bonchev–Trinajstić information content (AvgIpc) is 2.48. The van der Waals surface area contributed by atoms with E-state index in [9.17, 15) is 8.78 Å². The third-order valence-corrected chi connectivity index (χ3v) is 4.07. The maximum Gasteiger partial charge on any atom is 0.163 e. The molecule has 0 radical (unpaired) electrons. The minimum Gasteiger partial charge on any atom is -0.309 e. The first kappa shape index (κ1) is 15.0. The largest absolute Gasteiger partial charge is 0.309 e. The summed E-state index contributed by atoms with van der Waals surface area (Å²) in [6.45, 7) is 2.66. The molecule has 2 aromatic rings. The third kappa shape index (κ3) is 3.81. The molecule has 20 heavy (non-hydrogen) atoms. The molecule has 2 aromatic carbocycles. The highest BCUT2D eigenvalue weighted by molar-refractivity contribution is 7.99. The van der Waals surface area contributed by atoms with Gasteiger partial charge in [-0.2, -0.15) is 0 Å². The van der Waals surface area contributed by atoms with Gasteiger partial charge in [0, 0.05) is 22.3 Å². The fourth-order valence-corrected chi connectivity index (χ4v) is 3.00. The molecule has 0 aliphatic carbocycles. The summed E-state index contributed by atoms with van der Waals surface area (Å²) < 4.78 is 27.2. The number of thioether (sulfide) groups is 1. The third-order valence-electron chi connectivity index (χ3n) is 2.97. The number of nitrogens with one attached hydrogen (secondary N) is 1. The SMILES string of the molecule is CCNC(CSc1ccccc1)c1cccc(F)c1F. The molecular formula is C16H17F2NS. The van der Waals surface area contributed by atoms with Gasteiger partial charge in [-0.15, -0.1) is 11.8 Å². The molecule has 1 atom stereocenters. The normalized spacial score (nSPS) is 12.3. The minimum atomic E-state index is -0.796. The van der Waals surface area contributed by atoms with E-state index in [-0.39, 0.29) is 6.04 Å². The molecule has 0 heterocycles. The van der Waals surface area contributed by atoms with Crippen molar-refractivity contribution >= 4 is 11.8 Å². The molecule has 0 amide bonds. The molecule has 0 spiro atoms. The maximum atomic E-state index is 13.9. The van der Waals surface area contributed by atoms with Crippen molar-refractivity contribution in [3.63, 3.8) is 0 Å². The smallest absolute Gasteiger partial charge is 0.163 e. The van der Waals surface area contributed by atoms with E-state index in [1.165, 1.54) is 0 Å². The minimum absolute atomic E-state index is 0.207. The summed E-state index contributed by atoms with van der Waals surface area (Å²) in [6, 6.07) is 14.0. The molecule has 2 rings (SSSR count). The Balaban J connectivity index is 2.12. The monoisotopic (exact) mass is 293 g/mol. The molecule has 4 heteroatoms. The maximum absolute atomic E-state index is 13.9. The van der Waals surface area contributed by atoms with Gasteiger partial charge in [0.25, 0.3) is 0 Å². The Labute approximate surface area is 122 Å². The van der Waals surface area contributed by atoms with Crippen LogP contribution in [0.3, 0.4) is 0 Å². The van der Waals surface area contributed by atoms with Crippen molar-refractivity contribution in [1.29, 1.82) is 0 Å². The number of rotatable bonds is 6. The zero-order valence-corrected chi connectivity index (χ0v) is 12.1. The first-order chi connectivity index (χ1) is 9.72. The molecule has 0 saturated heterocycles. The van der Waals surface area contributed by atoms with Gasteiger partial charge < -0.3 is 5.32 Å². The van der Waals surface area contributed by atoms with Gasteiger partial charge in [-0.3, -0.25) is 0 Å². The standard InChI is InChI=1S/C16H17F2NS/c1-2-19-15(11-20-12-7-4-3-5-8-12)13-9-6-10-14(17)16(13)18/h3-10,15,19H,2,11H2,1H3. The Morgan fingerprint density at radius 3 is 2.50 bits per heavy atom. The van der Waals surface area contributed by atoms with E-state index >= 15 is 0 Å². The molecule has 0 saturated carbocycles. The van der Waals surface area contributed by atoms with Crippen molar-refractivity contribution in [3.05, 3.63) is 65.7 Å². The second-order valence-corrected chi connectivity index (χ2v) is 5.47. The van der Waals surface area contributed by atoms with Gasteiger partial charge in [0.05, 0.1) is 0 Å². The summed E-state index contributed by atoms with van der Waals surface area (Å²) >= 11 is 1.63. The second-order valence-electron chi connectivity index (χ2n) is 4.38. The zero-order chi connectivity index (χ0) is 14.4. The lowest BCUT2D eigenvalue weighted by molar-refractivity contribution is 0.478. The van der Waals surface area contributed by atoms with E-state index in [4.69, 9.17) is 0 Å². The van der Waals surface area contributed by atoms with E-state index in [0.29, 0.717) is 17.9 Å². The molecule has 0 aliphatic heterocycles. The van der Waals surface area contributed by atoms with Gasteiger partial charge in [0.2, 0.25) is 0 Å². The van der Waals surface area contributed by atoms with Crippen LogP contribution in [0.25, 0.3) is 0 Å². The molecule has 0 aromatic heterocycles. The van der Waals surface area contributed by atoms with Crippen molar-refractivity contribution < 1.29 is 8.78 Å². The lowest BCUT2D eigenvalue weighted by Gasteiger charge is -2.18. The lowest BCUT2D eigenvalue weighted by Crippen LogP contribution is -2.24. The first-order valence-corrected chi connectivity index (χ1v) is 7.56. The first-order valence-electron chi connectivity index (χ1n) is 6.57. The quantitative estimate of drug-likeness (QED) is 0.792. The van der Waals surface area contributed by atoms with Crippen LogP contribution in [0.4, 0.5) is 8.78 Å². The zero-order valence-electron chi connectivity index (χ0n) is 11.3. The predicted molar refractivity (Wildman–Crippen MR) is 79.9 cm³/mol. The van der Waals surface area contributed by atoms with E-state index in [2.05, 4.69) is 5.32 Å². The van der Waals surface area contributed by atoms with Crippen LogP contribution in [0.2, 0.25) is 0 Å². The average molecular weight is 293 g/mol. The van der Waals surface area contributed by atoms with Gasteiger partial charge in [-0.1, -0.05) is 37.3 Å². The highest BCUT2D eigenvalue weighted by Crippen LogP contribution is 2.26. The fourth-order valence-electron chi connectivity index (χ4n) is 1.99. The van der Waals surface area contributed by atoms with Gasteiger partial charge in [0.1, 0.15) is 0 Å². The van der Waals surface area contributed by atoms with Gasteiger partial charge in [0.15, 0.2) is 11.6 Å². The van der Waals surface area contributed by atoms with Crippen molar-refractivity contribution in [2.24, 2.45) is 0 Å². The highest BCUT2D eigenvalue weighted by atomic mass is 32.2. The molecule has 0 fully saturated rings. The van der Waals surface area contributed by atoms with Crippen LogP contribution in [0.15, 0.2) is 53.4 Å². The number of hydrogen-bond donors (Lipinski definition) is 1. The molecule has 1 N–H and O–H groups in total. The van der Waals surface area contributed by atoms with Gasteiger partial charge >= 0.3 is 0 Å². The van der Waals surface area contributed by atoms with Crippen molar-refractivity contribution in [1.82, 2.24) is 5.32 Å². The van der Waals surface area contributed by atoms with E-state index in [1.54, 1.807) is 23.9 Å². The summed E-state index contributed by atoms with van der Waals surface area (Å²) in [7, 11) is 0. The van der Waals surface area contributed by atoms with Crippen LogP contribution in [0.1, 0.15) is 18.5 Å². The van der Waals surface area contributed by atoms with Crippen LogP contribution in [-0.2, 0) is 0 Å². The second kappa shape index (κ2) is 7.41. The van der Waals surface area contributed by atoms with Crippen molar-refractivity contribution in [3.8, 4) is 0 Å². The summed E-state index contributed by atoms with van der Waals surface area (Å²) in [6.07, 6.45) is 0. The van der Waals surface area contributed by atoms with Crippen LogP contribution in [0.5, 0.6) is 0 Å². The number of halogens is 2. The highest BCUT2D eigenvalue weighted by Gasteiger charge is 2.17. The molecule has 0 aliphatic rings. The Morgan fingerprint density at radius 1 is 1.05 bits per heavy atom. The Hall–Kier alpha value is -1.39. The summed E-state index contributed by atoms with van der Waals surface area (Å²) in [5, 5.41) is 3.21. The van der Waals surface area contributed by atoms with E-state index in [0.717, 1.165) is 11.0 Å². The topological polar surface area (TPSA) is 12.0 Å². The van der Waals surface area contributed by atoms with Crippen molar-refractivity contribution in [2.75, 3.05) is 12.3 Å². The number of benzene rings is 2. The molecule has 106 valence electrons. The van der Waals surface area contributed by atoms with Gasteiger partial charge in [-0.25, -0.2) is 8.78 Å². The Bertz CT molecular complexity index is 545. The predicted octanol–water partition coefficient (Wildman–Crippen LogP) is 4.41. The summed E-state index contributed by atoms with van der Waals surface area (Å²) in [5.41, 5.74) is 0.385. The molecule has 0 bridgehead atoms. The number of hydrogen-bond acceptors (Lipinski definition) is 2. The van der Waals surface area contributed by atoms with Crippen LogP contribution < -0.4 is 5.32 Å². The van der Waals surface area contributed by atoms with E-state index < -0.39 is 11.6 Å². The van der Waals surface area contributed by atoms with E-state index in [1.807, 2.05) is 37.3 Å². The Morgan fingerprint density at radius 2 is 1.80 bits per heavy atom. The van der Waals surface area contributed by atoms with Crippen molar-refractivity contribution in [2.45, 2.75) is 17.9 Å². The van der Waals surface area contributed by atoms with Gasteiger partial charge in [-0.05, 0) is 24.7 Å². The lowest BCUT2D eigenvalue weighted by atomic mass is 10.1. The summed E-state index contributed by atoms with van der Waals surface area (Å²) in [4.78, 5) is 1.12. The molecule has 1 unspecified atom stereocenters. The van der Waals surface area contributed by atoms with Crippen LogP contribution in [-0.4, -0.2) is 12.3 Å². The van der Waals surface area contributed by atoms with Crippen LogP contribution >= 0.6 is 11.8 Å². The summed E-state index contributed by atoms with van der Waals surface area (Å²) in [5.74, 6) is -0.902. The molecular weight excluding hydrogens is 276 g/mol. The molecule has 1 nitrogen and oxygen atoms in total. The fraction of sp³-hybridized carbons (Fsp3) is 0.250.